The molecular formula is C14H20ClN3O2S. The third kappa shape index (κ3) is 3.68. The van der Waals surface area contributed by atoms with Crippen LogP contribution in [0.3, 0.4) is 0 Å². The zero-order valence-corrected chi connectivity index (χ0v) is 13.8. The summed E-state index contributed by atoms with van der Waals surface area (Å²) in [6, 6.07) is 5.29. The SMILES string of the molecule is COc1ccc(NC(N)=NCC2(S(C)=O)CCC2)cc1Cl. The molecule has 0 aromatic heterocycles. The highest BCUT2D eigenvalue weighted by atomic mass is 35.5. The van der Waals surface area contributed by atoms with Gasteiger partial charge in [0.25, 0.3) is 0 Å². The summed E-state index contributed by atoms with van der Waals surface area (Å²) in [6.07, 6.45) is 4.74. The van der Waals surface area contributed by atoms with Gasteiger partial charge >= 0.3 is 0 Å². The molecule has 0 radical (unpaired) electrons. The quantitative estimate of drug-likeness (QED) is 0.642. The molecule has 1 aliphatic carbocycles. The van der Waals surface area contributed by atoms with Crippen molar-refractivity contribution in [2.75, 3.05) is 25.2 Å². The standard InChI is InChI=1S/C14H20ClN3O2S/c1-20-12-5-4-10(8-11(12)15)18-13(16)17-9-14(21(2)19)6-3-7-14/h4-5,8H,3,6-7,9H2,1-2H3,(H3,16,17,18). The Morgan fingerprint density at radius 2 is 2.29 bits per heavy atom. The molecule has 2 rings (SSSR count). The van der Waals surface area contributed by atoms with E-state index in [1.54, 1.807) is 25.5 Å². The van der Waals surface area contributed by atoms with Gasteiger partial charge in [-0.15, -0.1) is 0 Å². The van der Waals surface area contributed by atoms with E-state index < -0.39 is 10.8 Å². The maximum absolute atomic E-state index is 11.8. The largest absolute Gasteiger partial charge is 0.495 e. The van der Waals surface area contributed by atoms with Gasteiger partial charge in [-0.05, 0) is 31.0 Å². The predicted molar refractivity (Wildman–Crippen MR) is 88.8 cm³/mol. The monoisotopic (exact) mass is 329 g/mol. The minimum atomic E-state index is -0.881. The lowest BCUT2D eigenvalue weighted by molar-refractivity contribution is 0.361. The van der Waals surface area contributed by atoms with Crippen molar-refractivity contribution in [2.24, 2.45) is 10.7 Å². The zero-order chi connectivity index (χ0) is 15.5. The number of hydrogen-bond acceptors (Lipinski definition) is 3. The Morgan fingerprint density at radius 1 is 1.57 bits per heavy atom. The van der Waals surface area contributed by atoms with Crippen molar-refractivity contribution in [3.05, 3.63) is 23.2 Å². The summed E-state index contributed by atoms with van der Waals surface area (Å²) in [5.74, 6) is 0.903. The lowest BCUT2D eigenvalue weighted by Gasteiger charge is -2.38. The molecule has 1 atom stereocenters. The van der Waals surface area contributed by atoms with E-state index in [9.17, 15) is 4.21 Å². The fourth-order valence-electron chi connectivity index (χ4n) is 2.27. The summed E-state index contributed by atoms with van der Waals surface area (Å²) in [6.45, 7) is 0.485. The number of anilines is 1. The molecule has 0 amide bonds. The minimum Gasteiger partial charge on any atom is -0.495 e. The average molecular weight is 330 g/mol. The summed E-state index contributed by atoms with van der Waals surface area (Å²) in [5.41, 5.74) is 6.62. The summed E-state index contributed by atoms with van der Waals surface area (Å²) < 4.78 is 16.7. The Labute approximate surface area is 132 Å². The topological polar surface area (TPSA) is 76.7 Å². The van der Waals surface area contributed by atoms with Crippen LogP contribution in [0.5, 0.6) is 5.75 Å². The van der Waals surface area contributed by atoms with Crippen molar-refractivity contribution >= 4 is 34.0 Å². The molecule has 1 fully saturated rings. The van der Waals surface area contributed by atoms with E-state index >= 15 is 0 Å². The minimum absolute atomic E-state index is 0.191. The van der Waals surface area contributed by atoms with E-state index in [2.05, 4.69) is 10.3 Å². The van der Waals surface area contributed by atoms with E-state index in [0.29, 0.717) is 23.3 Å². The molecule has 0 aliphatic heterocycles. The first-order valence-corrected chi connectivity index (χ1v) is 8.64. The molecule has 1 saturated carbocycles. The van der Waals surface area contributed by atoms with Gasteiger partial charge in [0.1, 0.15) is 5.75 Å². The molecule has 0 heterocycles. The van der Waals surface area contributed by atoms with Crippen molar-refractivity contribution in [3.8, 4) is 5.75 Å². The van der Waals surface area contributed by atoms with Crippen LogP contribution in [0.25, 0.3) is 0 Å². The predicted octanol–water partition coefficient (Wildman–Crippen LogP) is 2.38. The Kier molecular flexibility index (Phi) is 5.11. The number of halogens is 1. The van der Waals surface area contributed by atoms with Gasteiger partial charge < -0.3 is 15.8 Å². The van der Waals surface area contributed by atoms with Gasteiger partial charge in [0.15, 0.2) is 5.96 Å². The third-order valence-electron chi connectivity index (χ3n) is 3.84. The number of guanidine groups is 1. The third-order valence-corrected chi connectivity index (χ3v) is 5.89. The van der Waals surface area contributed by atoms with Gasteiger partial charge in [0.05, 0.1) is 23.4 Å². The van der Waals surface area contributed by atoms with Crippen molar-refractivity contribution in [1.29, 1.82) is 0 Å². The van der Waals surface area contributed by atoms with Crippen molar-refractivity contribution in [2.45, 2.75) is 24.0 Å². The van der Waals surface area contributed by atoms with E-state index in [-0.39, 0.29) is 4.75 Å². The van der Waals surface area contributed by atoms with Crippen LogP contribution >= 0.6 is 11.6 Å². The van der Waals surface area contributed by atoms with Crippen LogP contribution in [0.1, 0.15) is 19.3 Å². The highest BCUT2D eigenvalue weighted by molar-refractivity contribution is 7.85. The first-order chi connectivity index (χ1) is 9.97. The number of nitrogens with two attached hydrogens (primary N) is 1. The Hall–Kier alpha value is -1.27. The first-order valence-electron chi connectivity index (χ1n) is 6.71. The number of nitrogens with zero attached hydrogens (tertiary/aromatic N) is 1. The smallest absolute Gasteiger partial charge is 0.193 e. The molecular weight excluding hydrogens is 310 g/mol. The molecule has 21 heavy (non-hydrogen) atoms. The number of methoxy groups -OCH3 is 1. The van der Waals surface area contributed by atoms with Gasteiger partial charge in [-0.25, -0.2) is 0 Å². The second-order valence-corrected chi connectivity index (χ2v) is 7.35. The lowest BCUT2D eigenvalue weighted by atomic mass is 9.84. The van der Waals surface area contributed by atoms with Gasteiger partial charge in [0, 0.05) is 22.7 Å². The molecule has 3 N–H and O–H groups in total. The van der Waals surface area contributed by atoms with E-state index in [1.807, 2.05) is 6.07 Å². The highest BCUT2D eigenvalue weighted by Gasteiger charge is 2.40. The van der Waals surface area contributed by atoms with Gasteiger partial charge in [-0.2, -0.15) is 0 Å². The summed E-state index contributed by atoms with van der Waals surface area (Å²) in [4.78, 5) is 4.32. The molecule has 116 valence electrons. The van der Waals surface area contributed by atoms with Crippen LogP contribution in [0.4, 0.5) is 5.69 Å². The van der Waals surface area contributed by atoms with E-state index in [1.165, 1.54) is 0 Å². The van der Waals surface area contributed by atoms with Gasteiger partial charge in [-0.3, -0.25) is 9.20 Å². The Morgan fingerprint density at radius 3 is 2.76 bits per heavy atom. The normalized spacial score (nSPS) is 18.7. The summed E-state index contributed by atoms with van der Waals surface area (Å²) in [7, 11) is 0.681. The molecule has 5 nitrogen and oxygen atoms in total. The van der Waals surface area contributed by atoms with E-state index in [4.69, 9.17) is 22.1 Å². The van der Waals surface area contributed by atoms with Crippen LogP contribution in [-0.2, 0) is 10.8 Å². The molecule has 1 unspecified atom stereocenters. The summed E-state index contributed by atoms with van der Waals surface area (Å²) >= 11 is 6.05. The summed E-state index contributed by atoms with van der Waals surface area (Å²) in [5, 5.41) is 3.48. The molecule has 0 spiro atoms. The lowest BCUT2D eigenvalue weighted by Crippen LogP contribution is -2.44. The number of hydrogen-bond donors (Lipinski definition) is 2. The van der Waals surface area contributed by atoms with Crippen LogP contribution in [-0.4, -0.2) is 34.8 Å². The maximum atomic E-state index is 11.8. The fourth-order valence-corrected chi connectivity index (χ4v) is 3.64. The van der Waals surface area contributed by atoms with Crippen LogP contribution in [0.15, 0.2) is 23.2 Å². The van der Waals surface area contributed by atoms with Crippen LogP contribution < -0.4 is 15.8 Å². The zero-order valence-electron chi connectivity index (χ0n) is 12.2. The van der Waals surface area contributed by atoms with Crippen molar-refractivity contribution < 1.29 is 8.95 Å². The van der Waals surface area contributed by atoms with E-state index in [0.717, 1.165) is 24.9 Å². The average Bonchev–Trinajstić information content (AvgIpc) is 2.37. The second kappa shape index (κ2) is 6.66. The molecule has 1 aromatic carbocycles. The van der Waals surface area contributed by atoms with Crippen molar-refractivity contribution in [3.63, 3.8) is 0 Å². The van der Waals surface area contributed by atoms with Crippen LogP contribution in [0.2, 0.25) is 5.02 Å². The molecule has 1 aliphatic rings. The maximum Gasteiger partial charge on any atom is 0.193 e. The Bertz CT molecular complexity index is 573. The fraction of sp³-hybridized carbons (Fsp3) is 0.500. The van der Waals surface area contributed by atoms with Crippen LogP contribution in [0, 0.1) is 0 Å². The molecule has 1 aromatic rings. The Balaban J connectivity index is 2.00. The van der Waals surface area contributed by atoms with Gasteiger partial charge in [-0.1, -0.05) is 18.0 Å². The van der Waals surface area contributed by atoms with Crippen molar-refractivity contribution in [1.82, 2.24) is 0 Å². The number of rotatable bonds is 5. The first kappa shape index (κ1) is 16.1. The second-order valence-electron chi connectivity index (χ2n) is 5.17. The highest BCUT2D eigenvalue weighted by Crippen LogP contribution is 2.37. The molecule has 7 heteroatoms. The number of ether oxygens (including phenoxy) is 1. The number of aliphatic imine (C=N–C) groups is 1. The molecule has 0 saturated heterocycles. The number of benzene rings is 1. The van der Waals surface area contributed by atoms with Gasteiger partial charge in [0.2, 0.25) is 0 Å². The number of nitrogens with one attached hydrogen (secondary N) is 1. The molecule has 0 bridgehead atoms.